The number of hydrogen-bond donors (Lipinski definition) is 1. The number of aliphatic hydroxyl groups is 1. The van der Waals surface area contributed by atoms with Gasteiger partial charge >= 0.3 is 0 Å². The minimum absolute atomic E-state index is 0.00245. The maximum Gasteiger partial charge on any atom is 0.261 e. The van der Waals surface area contributed by atoms with E-state index >= 15 is 0 Å². The highest BCUT2D eigenvalue weighted by Crippen LogP contribution is 2.39. The fourth-order valence-corrected chi connectivity index (χ4v) is 6.59. The second-order valence-electron chi connectivity index (χ2n) is 12.6. The van der Waals surface area contributed by atoms with E-state index in [4.69, 9.17) is 9.47 Å². The van der Waals surface area contributed by atoms with E-state index in [-0.39, 0.29) is 37.2 Å². The third-order valence-corrected chi connectivity index (χ3v) is 9.09. The van der Waals surface area contributed by atoms with Gasteiger partial charge in [0.15, 0.2) is 6.29 Å². The number of carbonyl (C=O) groups excluding carboxylic acids is 2. The number of ether oxygens (including phenoxy) is 2. The Morgan fingerprint density at radius 2 is 1.33 bits per heavy atom. The van der Waals surface area contributed by atoms with Crippen LogP contribution in [-0.4, -0.2) is 46.4 Å². The first kappa shape index (κ1) is 31.7. The molecule has 0 radical (unpaired) electrons. The molecule has 7 nitrogen and oxygen atoms in total. The molecule has 0 bridgehead atoms. The van der Waals surface area contributed by atoms with Crippen molar-refractivity contribution in [2.75, 3.05) is 13.6 Å². The maximum atomic E-state index is 12.9. The summed E-state index contributed by atoms with van der Waals surface area (Å²) in [6, 6.07) is 41.5. The predicted octanol–water partition coefficient (Wildman–Crippen LogP) is 7.32. The number of aliphatic hydroxyl groups excluding tert-OH is 1. The number of likely N-dealkylation sites (N-methyl/N-ethyl adjacent to an activating group) is 1. The van der Waals surface area contributed by atoms with Gasteiger partial charge in [0, 0.05) is 25.1 Å². The van der Waals surface area contributed by atoms with Crippen molar-refractivity contribution >= 4 is 11.8 Å². The van der Waals surface area contributed by atoms with Crippen LogP contribution in [0.3, 0.4) is 0 Å². The Bertz CT molecular complexity index is 1860. The Balaban J connectivity index is 1.07. The summed E-state index contributed by atoms with van der Waals surface area (Å²) < 4.78 is 13.2. The van der Waals surface area contributed by atoms with Gasteiger partial charge in [-0.25, -0.2) is 0 Å². The zero-order valence-corrected chi connectivity index (χ0v) is 26.9. The molecular weight excluding hydrogens is 600 g/mol. The Hall–Kier alpha value is -4.92. The number of amides is 2. The molecule has 2 aliphatic rings. The minimum Gasteiger partial charge on any atom is -0.392 e. The molecule has 3 atom stereocenters. The van der Waals surface area contributed by atoms with Crippen LogP contribution in [0.15, 0.2) is 127 Å². The van der Waals surface area contributed by atoms with Crippen LogP contribution in [0.5, 0.6) is 0 Å². The van der Waals surface area contributed by atoms with Crippen LogP contribution in [0.2, 0.25) is 0 Å². The van der Waals surface area contributed by atoms with Crippen molar-refractivity contribution in [3.05, 3.63) is 166 Å². The van der Waals surface area contributed by atoms with E-state index in [1.807, 2.05) is 66.7 Å². The summed E-state index contributed by atoms with van der Waals surface area (Å²) in [5.74, 6) is -0.518. The molecule has 5 aromatic carbocycles. The first-order valence-corrected chi connectivity index (χ1v) is 16.3. The van der Waals surface area contributed by atoms with E-state index in [9.17, 15) is 14.7 Å². The standard InChI is InChI=1S/C41H38N2O5/c1-42(24-28-8-3-2-4-9-28)26-35-23-38(32-16-14-29(27-44)15-17-32)48-41(47-35)33-20-18-31(19-21-33)34-11-7-10-30(22-34)25-43-39(45)36-12-5-6-13-37(36)40(43)46/h2-22,35,38,41,44H,23-27H2,1H3/t35-,38+,41+/m0/s1. The van der Waals surface area contributed by atoms with Gasteiger partial charge in [0.05, 0.1) is 36.5 Å². The lowest BCUT2D eigenvalue weighted by atomic mass is 9.99. The van der Waals surface area contributed by atoms with Crippen molar-refractivity contribution in [3.8, 4) is 11.1 Å². The summed E-state index contributed by atoms with van der Waals surface area (Å²) in [5, 5.41) is 9.54. The smallest absolute Gasteiger partial charge is 0.261 e. The summed E-state index contributed by atoms with van der Waals surface area (Å²) in [6.07, 6.45) is -0.0549. The van der Waals surface area contributed by atoms with E-state index in [0.717, 1.165) is 46.5 Å². The maximum absolute atomic E-state index is 12.9. The second-order valence-corrected chi connectivity index (χ2v) is 12.6. The minimum atomic E-state index is -0.550. The Labute approximate surface area is 281 Å². The van der Waals surface area contributed by atoms with Crippen LogP contribution in [0.1, 0.15) is 67.3 Å². The second kappa shape index (κ2) is 14.1. The van der Waals surface area contributed by atoms with Gasteiger partial charge in [0.2, 0.25) is 0 Å². The molecule has 7 rings (SSSR count). The zero-order valence-electron chi connectivity index (χ0n) is 26.9. The number of carbonyl (C=O) groups is 2. The van der Waals surface area contributed by atoms with Crippen LogP contribution in [-0.2, 0) is 29.2 Å². The predicted molar refractivity (Wildman–Crippen MR) is 184 cm³/mol. The molecule has 7 heteroatoms. The van der Waals surface area contributed by atoms with Gasteiger partial charge in [-0.05, 0) is 58.6 Å². The number of hydrogen-bond acceptors (Lipinski definition) is 6. The van der Waals surface area contributed by atoms with Gasteiger partial charge in [0.1, 0.15) is 0 Å². The van der Waals surface area contributed by atoms with Crippen molar-refractivity contribution in [2.24, 2.45) is 0 Å². The quantitative estimate of drug-likeness (QED) is 0.162. The summed E-state index contributed by atoms with van der Waals surface area (Å²) >= 11 is 0. The number of benzene rings is 5. The van der Waals surface area contributed by atoms with Gasteiger partial charge in [-0.3, -0.25) is 19.4 Å². The van der Waals surface area contributed by atoms with Gasteiger partial charge in [-0.15, -0.1) is 0 Å². The molecule has 0 aliphatic carbocycles. The molecule has 2 heterocycles. The lowest BCUT2D eigenvalue weighted by molar-refractivity contribution is -0.252. The van der Waals surface area contributed by atoms with Crippen LogP contribution in [0, 0.1) is 0 Å². The van der Waals surface area contributed by atoms with Crippen molar-refractivity contribution in [3.63, 3.8) is 0 Å². The largest absolute Gasteiger partial charge is 0.392 e. The zero-order chi connectivity index (χ0) is 33.0. The molecule has 0 aromatic heterocycles. The van der Waals surface area contributed by atoms with E-state index in [1.165, 1.54) is 10.5 Å². The SMILES string of the molecule is CN(Cc1ccccc1)C[C@@H]1C[C@H](c2ccc(CO)cc2)O[C@H](c2ccc(-c3cccc(CN4C(=O)c5ccccc5C4=O)c3)cc2)O1. The number of nitrogens with zero attached hydrogens (tertiary/aromatic N) is 2. The Morgan fingerprint density at radius 3 is 2.02 bits per heavy atom. The summed E-state index contributed by atoms with van der Waals surface area (Å²) in [6.45, 7) is 1.78. The third kappa shape index (κ3) is 6.86. The highest BCUT2D eigenvalue weighted by atomic mass is 16.7. The van der Waals surface area contributed by atoms with E-state index in [2.05, 4.69) is 48.3 Å². The number of imide groups is 1. The average Bonchev–Trinajstić information content (AvgIpc) is 3.36. The molecule has 5 aromatic rings. The topological polar surface area (TPSA) is 79.3 Å². The first-order valence-electron chi connectivity index (χ1n) is 16.3. The Kier molecular flexibility index (Phi) is 9.27. The van der Waals surface area contributed by atoms with E-state index < -0.39 is 6.29 Å². The Morgan fingerprint density at radius 1 is 0.688 bits per heavy atom. The molecule has 48 heavy (non-hydrogen) atoms. The highest BCUT2D eigenvalue weighted by molar-refractivity contribution is 6.21. The third-order valence-electron chi connectivity index (χ3n) is 9.09. The molecule has 0 saturated carbocycles. The van der Waals surface area contributed by atoms with Crippen LogP contribution in [0.4, 0.5) is 0 Å². The summed E-state index contributed by atoms with van der Waals surface area (Å²) in [7, 11) is 2.11. The molecule has 1 fully saturated rings. The van der Waals surface area contributed by atoms with Crippen molar-refractivity contribution < 1.29 is 24.2 Å². The van der Waals surface area contributed by atoms with Crippen molar-refractivity contribution in [1.82, 2.24) is 9.80 Å². The lowest BCUT2D eigenvalue weighted by Gasteiger charge is -2.38. The van der Waals surface area contributed by atoms with Gasteiger partial charge in [-0.1, -0.05) is 109 Å². The number of fused-ring (bicyclic) bond motifs is 1. The molecule has 1 N–H and O–H groups in total. The molecule has 0 spiro atoms. The van der Waals surface area contributed by atoms with Crippen molar-refractivity contribution in [1.29, 1.82) is 0 Å². The normalized spacial score (nSPS) is 19.1. The molecule has 0 unspecified atom stereocenters. The van der Waals surface area contributed by atoms with Crippen LogP contribution < -0.4 is 0 Å². The van der Waals surface area contributed by atoms with Crippen LogP contribution in [0.25, 0.3) is 11.1 Å². The fourth-order valence-electron chi connectivity index (χ4n) is 6.59. The molecule has 2 amide bonds. The van der Waals surface area contributed by atoms with Gasteiger partial charge < -0.3 is 14.6 Å². The van der Waals surface area contributed by atoms with E-state index in [0.29, 0.717) is 17.5 Å². The van der Waals surface area contributed by atoms with E-state index in [1.54, 1.807) is 24.3 Å². The van der Waals surface area contributed by atoms with Crippen LogP contribution >= 0.6 is 0 Å². The molecule has 2 aliphatic heterocycles. The number of rotatable bonds is 10. The fraction of sp³-hybridized carbons (Fsp3) is 0.220. The summed E-state index contributed by atoms with van der Waals surface area (Å²) in [5.41, 5.74) is 7.89. The van der Waals surface area contributed by atoms with Gasteiger partial charge in [-0.2, -0.15) is 0 Å². The van der Waals surface area contributed by atoms with Gasteiger partial charge in [0.25, 0.3) is 11.8 Å². The lowest BCUT2D eigenvalue weighted by Crippen LogP contribution is -2.37. The first-order chi connectivity index (χ1) is 23.4. The molecular formula is C41H38N2O5. The van der Waals surface area contributed by atoms with Crippen molar-refractivity contribution in [2.45, 2.75) is 44.6 Å². The average molecular weight is 639 g/mol. The monoisotopic (exact) mass is 638 g/mol. The molecule has 242 valence electrons. The summed E-state index contributed by atoms with van der Waals surface area (Å²) in [4.78, 5) is 29.5. The molecule has 1 saturated heterocycles. The highest BCUT2D eigenvalue weighted by Gasteiger charge is 2.35.